The van der Waals surface area contributed by atoms with Gasteiger partial charge in [0.05, 0.1) is 0 Å². The third kappa shape index (κ3) is 7.64. The van der Waals surface area contributed by atoms with E-state index in [0.29, 0.717) is 17.5 Å². The van der Waals surface area contributed by atoms with E-state index in [1.54, 1.807) is 50.8 Å². The molecule has 8 heteroatoms. The van der Waals surface area contributed by atoms with Gasteiger partial charge < -0.3 is 25.4 Å². The Kier molecular flexibility index (Phi) is 8.97. The van der Waals surface area contributed by atoms with Gasteiger partial charge in [-0.25, -0.2) is 4.79 Å². The molecule has 1 aromatic rings. The summed E-state index contributed by atoms with van der Waals surface area (Å²) in [6, 6.07) is 3.02. The Bertz CT molecular complexity index is 887. The molecule has 0 radical (unpaired) electrons. The summed E-state index contributed by atoms with van der Waals surface area (Å²) in [6.07, 6.45) is 1.22. The molecule has 1 aliphatic rings. The number of carbonyl (C=O) groups is 3. The summed E-state index contributed by atoms with van der Waals surface area (Å²) < 4.78 is 5.40. The smallest absolute Gasteiger partial charge is 0.408 e. The molecular weight excluding hydrogens is 434 g/mol. The maximum atomic E-state index is 14.0. The Labute approximate surface area is 203 Å². The Morgan fingerprint density at radius 1 is 1.12 bits per heavy atom. The Morgan fingerprint density at radius 2 is 1.74 bits per heavy atom. The normalized spacial score (nSPS) is 15.6. The molecule has 1 fully saturated rings. The van der Waals surface area contributed by atoms with Crippen LogP contribution in [0.1, 0.15) is 84.9 Å². The first-order valence-electron chi connectivity index (χ1n) is 12.1. The number of nitrogens with zero attached hydrogens (tertiary/aromatic N) is 1. The van der Waals surface area contributed by atoms with E-state index in [1.165, 1.54) is 0 Å². The van der Waals surface area contributed by atoms with Gasteiger partial charge in [0.1, 0.15) is 23.4 Å². The molecule has 190 valence electrons. The van der Waals surface area contributed by atoms with Crippen molar-refractivity contribution in [3.63, 3.8) is 0 Å². The lowest BCUT2D eigenvalue weighted by atomic mass is 9.97. The summed E-state index contributed by atoms with van der Waals surface area (Å²) >= 11 is 0. The van der Waals surface area contributed by atoms with Crippen molar-refractivity contribution < 1.29 is 24.2 Å². The lowest BCUT2D eigenvalue weighted by Crippen LogP contribution is -2.54. The molecule has 0 bridgehead atoms. The van der Waals surface area contributed by atoms with Gasteiger partial charge in [-0.15, -0.1) is 0 Å². The second-order valence-corrected chi connectivity index (χ2v) is 10.9. The van der Waals surface area contributed by atoms with E-state index in [0.717, 1.165) is 12.8 Å². The third-order valence-electron chi connectivity index (χ3n) is 5.41. The minimum atomic E-state index is -1.02. The first-order chi connectivity index (χ1) is 15.7. The second kappa shape index (κ2) is 11.1. The zero-order valence-corrected chi connectivity index (χ0v) is 21.8. The van der Waals surface area contributed by atoms with E-state index in [1.807, 2.05) is 27.7 Å². The fraction of sp³-hybridized carbons (Fsp3) is 0.654. The van der Waals surface area contributed by atoms with Crippen LogP contribution in [0.5, 0.6) is 5.75 Å². The quantitative estimate of drug-likeness (QED) is 0.496. The lowest BCUT2D eigenvalue weighted by molar-refractivity contribution is -0.143. The number of carbonyl (C=O) groups excluding carboxylic acids is 3. The predicted octanol–water partition coefficient (Wildman–Crippen LogP) is 4.20. The van der Waals surface area contributed by atoms with E-state index in [2.05, 4.69) is 10.6 Å². The van der Waals surface area contributed by atoms with E-state index < -0.39 is 23.8 Å². The van der Waals surface area contributed by atoms with Gasteiger partial charge in [0.2, 0.25) is 11.8 Å². The van der Waals surface area contributed by atoms with Crippen LogP contribution in [0.4, 0.5) is 4.79 Å². The maximum Gasteiger partial charge on any atom is 0.408 e. The van der Waals surface area contributed by atoms with Crippen molar-refractivity contribution in [3.05, 3.63) is 29.3 Å². The van der Waals surface area contributed by atoms with Crippen molar-refractivity contribution in [2.24, 2.45) is 5.92 Å². The number of aryl methyl sites for hydroxylation is 1. The Morgan fingerprint density at radius 3 is 2.24 bits per heavy atom. The van der Waals surface area contributed by atoms with E-state index in [-0.39, 0.29) is 35.6 Å². The van der Waals surface area contributed by atoms with Crippen LogP contribution in [0, 0.1) is 12.8 Å². The maximum absolute atomic E-state index is 14.0. The topological polar surface area (TPSA) is 108 Å². The average Bonchev–Trinajstić information content (AvgIpc) is 3.50. The van der Waals surface area contributed by atoms with E-state index in [9.17, 15) is 19.5 Å². The van der Waals surface area contributed by atoms with Crippen LogP contribution >= 0.6 is 0 Å². The molecule has 0 heterocycles. The molecule has 3 amide bonds. The molecule has 0 aliphatic heterocycles. The van der Waals surface area contributed by atoms with Gasteiger partial charge in [-0.05, 0) is 72.3 Å². The number of rotatable bonds is 9. The molecule has 0 spiro atoms. The van der Waals surface area contributed by atoms with Crippen molar-refractivity contribution in [2.45, 2.75) is 104 Å². The molecule has 2 unspecified atom stereocenters. The summed E-state index contributed by atoms with van der Waals surface area (Å²) in [6.45, 7) is 14.7. The highest BCUT2D eigenvalue weighted by molar-refractivity contribution is 5.93. The molecule has 0 aromatic heterocycles. The third-order valence-corrected chi connectivity index (χ3v) is 5.41. The summed E-state index contributed by atoms with van der Waals surface area (Å²) in [7, 11) is 0. The van der Waals surface area contributed by atoms with Gasteiger partial charge in [0, 0.05) is 17.6 Å². The molecule has 1 aliphatic carbocycles. The molecule has 2 atom stereocenters. The van der Waals surface area contributed by atoms with Crippen LogP contribution in [0.25, 0.3) is 0 Å². The summed E-state index contributed by atoms with van der Waals surface area (Å²) in [5, 5.41) is 16.5. The molecule has 2 rings (SSSR count). The number of benzene rings is 1. The van der Waals surface area contributed by atoms with E-state index in [4.69, 9.17) is 4.74 Å². The lowest BCUT2D eigenvalue weighted by Gasteiger charge is -2.35. The minimum absolute atomic E-state index is 0.00892. The largest absolute Gasteiger partial charge is 0.507 e. The fourth-order valence-corrected chi connectivity index (χ4v) is 3.88. The van der Waals surface area contributed by atoms with E-state index >= 15 is 0 Å². The molecule has 0 saturated heterocycles. The molecule has 8 nitrogen and oxygen atoms in total. The van der Waals surface area contributed by atoms with Crippen LogP contribution in [0.2, 0.25) is 0 Å². The highest BCUT2D eigenvalue weighted by Crippen LogP contribution is 2.39. The predicted molar refractivity (Wildman–Crippen MR) is 131 cm³/mol. The van der Waals surface area contributed by atoms with Crippen molar-refractivity contribution in [1.29, 1.82) is 0 Å². The van der Waals surface area contributed by atoms with Crippen LogP contribution in [-0.2, 0) is 14.3 Å². The van der Waals surface area contributed by atoms with Crippen molar-refractivity contribution in [1.82, 2.24) is 15.5 Å². The number of phenols is 1. The number of ether oxygens (including phenoxy) is 1. The minimum Gasteiger partial charge on any atom is -0.507 e. The highest BCUT2D eigenvalue weighted by Gasteiger charge is 2.45. The highest BCUT2D eigenvalue weighted by atomic mass is 16.6. The summed E-state index contributed by atoms with van der Waals surface area (Å²) in [5.41, 5.74) is 0.284. The fourth-order valence-electron chi connectivity index (χ4n) is 3.88. The number of alkyl carbamates (subject to hydrolysis) is 1. The zero-order chi connectivity index (χ0) is 25.8. The number of hydrogen-bond acceptors (Lipinski definition) is 5. The molecule has 3 N–H and O–H groups in total. The number of para-hydroxylation sites is 1. The molecule has 1 aromatic carbocycles. The molecule has 1 saturated carbocycles. The summed E-state index contributed by atoms with van der Waals surface area (Å²) in [4.78, 5) is 41.5. The Balaban J connectivity index is 2.49. The van der Waals surface area contributed by atoms with Crippen molar-refractivity contribution in [3.8, 4) is 5.75 Å². The standard InChI is InChI=1S/C26H41N3O5/c1-15(2)14-20(28-25(33)34-26(6,7)8)24(32)29(18-12-13-18)21(23(31)27-16(3)4)19-11-9-10-17(5)22(19)30/h9-11,15-16,18,20-21,30H,12-14H2,1-8H3,(H,27,31)(H,28,33). The second-order valence-electron chi connectivity index (χ2n) is 10.9. The average molecular weight is 476 g/mol. The van der Waals surface area contributed by atoms with Gasteiger partial charge in [-0.2, -0.15) is 0 Å². The molecular formula is C26H41N3O5. The van der Waals surface area contributed by atoms with Gasteiger partial charge in [-0.1, -0.05) is 32.0 Å². The summed E-state index contributed by atoms with van der Waals surface area (Å²) in [5.74, 6) is -0.616. The number of nitrogens with one attached hydrogen (secondary N) is 2. The van der Waals surface area contributed by atoms with Gasteiger partial charge in [0.25, 0.3) is 0 Å². The number of hydrogen-bond donors (Lipinski definition) is 3. The van der Waals surface area contributed by atoms with Crippen LogP contribution in [-0.4, -0.2) is 51.6 Å². The van der Waals surface area contributed by atoms with Gasteiger partial charge in [0.15, 0.2) is 0 Å². The first-order valence-corrected chi connectivity index (χ1v) is 12.1. The number of aromatic hydroxyl groups is 1. The monoisotopic (exact) mass is 475 g/mol. The first kappa shape index (κ1) is 27.5. The van der Waals surface area contributed by atoms with Crippen molar-refractivity contribution >= 4 is 17.9 Å². The number of amides is 3. The Hall–Kier alpha value is -2.77. The SMILES string of the molecule is Cc1cccc(C(C(=O)NC(C)C)N(C(=O)C(CC(C)C)NC(=O)OC(C)(C)C)C2CC2)c1O. The van der Waals surface area contributed by atoms with Gasteiger partial charge >= 0.3 is 6.09 Å². The van der Waals surface area contributed by atoms with Crippen LogP contribution < -0.4 is 10.6 Å². The zero-order valence-electron chi connectivity index (χ0n) is 21.8. The van der Waals surface area contributed by atoms with Crippen LogP contribution in [0.3, 0.4) is 0 Å². The number of phenolic OH excluding ortho intramolecular Hbond substituents is 1. The van der Waals surface area contributed by atoms with Gasteiger partial charge in [-0.3, -0.25) is 9.59 Å². The van der Waals surface area contributed by atoms with Crippen LogP contribution in [0.15, 0.2) is 18.2 Å². The molecule has 34 heavy (non-hydrogen) atoms. The van der Waals surface area contributed by atoms with Crippen molar-refractivity contribution in [2.75, 3.05) is 0 Å².